The first-order valence-corrected chi connectivity index (χ1v) is 7.14. The fourth-order valence-electron chi connectivity index (χ4n) is 1.91. The molecule has 5 nitrogen and oxygen atoms in total. The minimum Gasteiger partial charge on any atom is -0.352 e. The van der Waals surface area contributed by atoms with Crippen LogP contribution in [0, 0.1) is 11.6 Å². The Hall–Kier alpha value is -2.02. The molecular formula is C15H22F2N3O2+. The van der Waals surface area contributed by atoms with Gasteiger partial charge in [0.25, 0.3) is 5.91 Å². The number of halogens is 2. The van der Waals surface area contributed by atoms with Gasteiger partial charge in [0.05, 0.1) is 6.54 Å². The van der Waals surface area contributed by atoms with Crippen LogP contribution in [0.25, 0.3) is 0 Å². The van der Waals surface area contributed by atoms with Crippen LogP contribution in [0.1, 0.15) is 32.4 Å². The van der Waals surface area contributed by atoms with Crippen molar-refractivity contribution >= 4 is 11.8 Å². The molecule has 122 valence electrons. The predicted molar refractivity (Wildman–Crippen MR) is 77.9 cm³/mol. The van der Waals surface area contributed by atoms with E-state index in [4.69, 9.17) is 0 Å². The van der Waals surface area contributed by atoms with E-state index in [1.165, 1.54) is 12.1 Å². The topological polar surface area (TPSA) is 74.8 Å². The van der Waals surface area contributed by atoms with Gasteiger partial charge in [-0.3, -0.25) is 9.59 Å². The van der Waals surface area contributed by atoms with Crippen molar-refractivity contribution in [3.63, 3.8) is 0 Å². The Morgan fingerprint density at radius 3 is 2.45 bits per heavy atom. The zero-order chi connectivity index (χ0) is 16.7. The van der Waals surface area contributed by atoms with Crippen LogP contribution in [0.4, 0.5) is 8.78 Å². The van der Waals surface area contributed by atoms with Crippen LogP contribution in [-0.4, -0.2) is 30.9 Å². The molecule has 1 rings (SSSR count). The molecule has 0 spiro atoms. The first-order chi connectivity index (χ1) is 10.3. The Labute approximate surface area is 128 Å². The molecule has 7 heteroatoms. The molecule has 1 aromatic carbocycles. The lowest BCUT2D eigenvalue weighted by atomic mass is 10.1. The summed E-state index contributed by atoms with van der Waals surface area (Å²) in [6.07, 6.45) is 0. The third-order valence-electron chi connectivity index (χ3n) is 3.01. The smallest absolute Gasteiger partial charge is 0.275 e. The maximum Gasteiger partial charge on any atom is 0.275 e. The average molecular weight is 314 g/mol. The molecule has 0 fully saturated rings. The van der Waals surface area contributed by atoms with Crippen LogP contribution >= 0.6 is 0 Å². The summed E-state index contributed by atoms with van der Waals surface area (Å²) in [5, 5.41) is 6.75. The number of hydrogen-bond donors (Lipinski definition) is 3. The van der Waals surface area contributed by atoms with Gasteiger partial charge in [-0.05, 0) is 32.9 Å². The van der Waals surface area contributed by atoms with E-state index in [0.717, 1.165) is 6.07 Å². The highest BCUT2D eigenvalue weighted by Gasteiger charge is 2.16. The molecule has 2 amide bonds. The van der Waals surface area contributed by atoms with Crippen molar-refractivity contribution in [3.05, 3.63) is 35.4 Å². The molecule has 0 aromatic heterocycles. The van der Waals surface area contributed by atoms with Crippen LogP contribution in [0.15, 0.2) is 18.2 Å². The molecule has 22 heavy (non-hydrogen) atoms. The van der Waals surface area contributed by atoms with E-state index < -0.39 is 11.6 Å². The molecule has 0 unspecified atom stereocenters. The van der Waals surface area contributed by atoms with Crippen molar-refractivity contribution < 1.29 is 23.7 Å². The van der Waals surface area contributed by atoms with Crippen molar-refractivity contribution in [2.75, 3.05) is 13.1 Å². The van der Waals surface area contributed by atoms with Crippen LogP contribution in [0.5, 0.6) is 0 Å². The summed E-state index contributed by atoms with van der Waals surface area (Å²) < 4.78 is 26.4. The van der Waals surface area contributed by atoms with Crippen molar-refractivity contribution in [2.24, 2.45) is 0 Å². The number of carbonyl (C=O) groups excluding carboxylic acids is 2. The van der Waals surface area contributed by atoms with Crippen LogP contribution in [0.2, 0.25) is 0 Å². The zero-order valence-electron chi connectivity index (χ0n) is 13.0. The lowest BCUT2D eigenvalue weighted by Gasteiger charge is -2.12. The van der Waals surface area contributed by atoms with E-state index in [1.807, 2.05) is 13.8 Å². The Morgan fingerprint density at radius 1 is 1.18 bits per heavy atom. The van der Waals surface area contributed by atoms with Crippen molar-refractivity contribution in [1.82, 2.24) is 10.6 Å². The Kier molecular flexibility index (Phi) is 6.91. The summed E-state index contributed by atoms with van der Waals surface area (Å²) in [6, 6.07) is 3.03. The molecule has 0 saturated heterocycles. The molecule has 0 aliphatic carbocycles. The summed E-state index contributed by atoms with van der Waals surface area (Å²) in [5.74, 6) is -1.86. The summed E-state index contributed by atoms with van der Waals surface area (Å²) in [4.78, 5) is 23.0. The van der Waals surface area contributed by atoms with E-state index >= 15 is 0 Å². The van der Waals surface area contributed by atoms with Gasteiger partial charge in [0.15, 0.2) is 6.54 Å². The molecule has 0 bridgehead atoms. The zero-order valence-corrected chi connectivity index (χ0v) is 13.0. The number of quaternary nitrogens is 1. The summed E-state index contributed by atoms with van der Waals surface area (Å²) in [7, 11) is 0. The monoisotopic (exact) mass is 314 g/mol. The number of benzene rings is 1. The molecule has 0 aliphatic rings. The number of carbonyl (C=O) groups is 2. The number of hydrogen-bond acceptors (Lipinski definition) is 2. The second kappa shape index (κ2) is 8.43. The lowest BCUT2D eigenvalue weighted by molar-refractivity contribution is -0.682. The highest BCUT2D eigenvalue weighted by atomic mass is 19.1. The average Bonchev–Trinajstić information content (AvgIpc) is 2.41. The van der Waals surface area contributed by atoms with Crippen LogP contribution < -0.4 is 16.0 Å². The van der Waals surface area contributed by atoms with Gasteiger partial charge >= 0.3 is 0 Å². The van der Waals surface area contributed by atoms with E-state index in [0.29, 0.717) is 5.56 Å². The predicted octanol–water partition coefficient (Wildman–Crippen LogP) is 0.230. The minimum absolute atomic E-state index is 0.0115. The molecule has 1 atom stereocenters. The normalized spacial score (nSPS) is 12.1. The van der Waals surface area contributed by atoms with Gasteiger partial charge in [-0.15, -0.1) is 0 Å². The Bertz CT molecular complexity index is 536. The van der Waals surface area contributed by atoms with Crippen LogP contribution in [-0.2, 0) is 9.59 Å². The van der Waals surface area contributed by atoms with Gasteiger partial charge in [0.2, 0.25) is 5.91 Å². The molecule has 4 N–H and O–H groups in total. The van der Waals surface area contributed by atoms with Crippen molar-refractivity contribution in [1.29, 1.82) is 0 Å². The number of nitrogens with one attached hydrogen (secondary N) is 2. The second-order valence-corrected chi connectivity index (χ2v) is 5.39. The van der Waals surface area contributed by atoms with Crippen LogP contribution in [0.3, 0.4) is 0 Å². The maximum atomic E-state index is 13.6. The number of nitrogens with two attached hydrogens (primary N) is 1. The van der Waals surface area contributed by atoms with Gasteiger partial charge < -0.3 is 16.0 Å². The van der Waals surface area contributed by atoms with Gasteiger partial charge in [0, 0.05) is 17.7 Å². The summed E-state index contributed by atoms with van der Waals surface area (Å²) in [6.45, 7) is 5.32. The second-order valence-electron chi connectivity index (χ2n) is 5.39. The Morgan fingerprint density at radius 2 is 1.86 bits per heavy atom. The first kappa shape index (κ1) is 18.0. The van der Waals surface area contributed by atoms with Gasteiger partial charge in [-0.2, -0.15) is 0 Å². The third-order valence-corrected chi connectivity index (χ3v) is 3.01. The summed E-state index contributed by atoms with van der Waals surface area (Å²) in [5.41, 5.74) is 0.326. The Balaban J connectivity index is 2.38. The fourth-order valence-corrected chi connectivity index (χ4v) is 1.91. The van der Waals surface area contributed by atoms with Crippen molar-refractivity contribution in [2.45, 2.75) is 32.9 Å². The number of rotatable bonds is 7. The summed E-state index contributed by atoms with van der Waals surface area (Å²) >= 11 is 0. The third kappa shape index (κ3) is 6.17. The minimum atomic E-state index is -0.638. The highest BCUT2D eigenvalue weighted by molar-refractivity contribution is 5.85. The molecular weight excluding hydrogens is 292 g/mol. The van der Waals surface area contributed by atoms with E-state index in [9.17, 15) is 18.4 Å². The largest absolute Gasteiger partial charge is 0.352 e. The molecule has 0 radical (unpaired) electrons. The fraction of sp³-hybridized carbons (Fsp3) is 0.467. The lowest BCUT2D eigenvalue weighted by Crippen LogP contribution is -2.87. The van der Waals surface area contributed by atoms with Gasteiger partial charge in [0.1, 0.15) is 17.7 Å². The molecule has 0 aliphatic heterocycles. The standard InChI is InChI=1S/C15H21F2N3O2/c1-9(2)20-15(22)8-19-14(21)7-18-10(3)12-5-4-11(16)6-13(12)17/h4-6,9-10,18H,7-8H2,1-3H3,(H,19,21)(H,20,22)/p+1/t10-/m0/s1. The molecule has 0 heterocycles. The van der Waals surface area contributed by atoms with Gasteiger partial charge in [-0.1, -0.05) is 0 Å². The first-order valence-electron chi connectivity index (χ1n) is 7.14. The SMILES string of the molecule is CC(C)NC(=O)CNC(=O)C[NH2+][C@@H](C)c1ccc(F)cc1F. The molecule has 1 aromatic rings. The molecule has 0 saturated carbocycles. The van der Waals surface area contributed by atoms with E-state index in [-0.39, 0.29) is 37.0 Å². The maximum absolute atomic E-state index is 13.6. The van der Waals surface area contributed by atoms with Gasteiger partial charge in [-0.25, -0.2) is 8.78 Å². The van der Waals surface area contributed by atoms with Crippen molar-refractivity contribution in [3.8, 4) is 0 Å². The number of amides is 2. The highest BCUT2D eigenvalue weighted by Crippen LogP contribution is 2.14. The van der Waals surface area contributed by atoms with E-state index in [2.05, 4.69) is 10.6 Å². The quantitative estimate of drug-likeness (QED) is 0.674. The van der Waals surface area contributed by atoms with E-state index in [1.54, 1.807) is 12.2 Å².